The molecule has 4 heteroatoms. The lowest BCUT2D eigenvalue weighted by Crippen LogP contribution is -2.46. The molecule has 2 unspecified atom stereocenters. The van der Waals surface area contributed by atoms with Crippen LogP contribution < -0.4 is 22.1 Å². The summed E-state index contributed by atoms with van der Waals surface area (Å²) in [6.45, 7) is 6.62. The molecule has 0 saturated heterocycles. The van der Waals surface area contributed by atoms with Gasteiger partial charge in [0, 0.05) is 12.6 Å². The lowest BCUT2D eigenvalue weighted by atomic mass is 10.1. The molecular formula is C8H22N4. The minimum atomic E-state index is 0.0580. The van der Waals surface area contributed by atoms with Crippen molar-refractivity contribution in [2.24, 2.45) is 11.5 Å². The van der Waals surface area contributed by atoms with Gasteiger partial charge in [0.1, 0.15) is 0 Å². The smallest absolute Gasteiger partial charge is 0.0561 e. The van der Waals surface area contributed by atoms with Crippen LogP contribution in [0.4, 0.5) is 0 Å². The first kappa shape index (κ1) is 11.8. The van der Waals surface area contributed by atoms with Gasteiger partial charge in [0.05, 0.1) is 6.17 Å². The first-order valence-electron chi connectivity index (χ1n) is 4.66. The highest BCUT2D eigenvalue weighted by Crippen LogP contribution is 1.91. The van der Waals surface area contributed by atoms with E-state index >= 15 is 0 Å². The lowest BCUT2D eigenvalue weighted by molar-refractivity contribution is 0.412. The van der Waals surface area contributed by atoms with Crippen LogP contribution in [-0.2, 0) is 0 Å². The van der Waals surface area contributed by atoms with Gasteiger partial charge in [-0.25, -0.2) is 0 Å². The summed E-state index contributed by atoms with van der Waals surface area (Å²) in [6, 6.07) is 0.337. The zero-order valence-electron chi connectivity index (χ0n) is 8.14. The van der Waals surface area contributed by atoms with Gasteiger partial charge in [-0.3, -0.25) is 0 Å². The monoisotopic (exact) mass is 174 g/mol. The third kappa shape index (κ3) is 5.49. The van der Waals surface area contributed by atoms with E-state index in [-0.39, 0.29) is 6.17 Å². The van der Waals surface area contributed by atoms with Crippen LogP contribution >= 0.6 is 0 Å². The standard InChI is InChI=1S/C8H22N4/c1-3-11-7(6-9)5-8(10)12-4-2/h7-8,11-12H,3-6,9-10H2,1-2H3. The molecule has 0 aromatic heterocycles. The summed E-state index contributed by atoms with van der Waals surface area (Å²) >= 11 is 0. The van der Waals surface area contributed by atoms with Crippen molar-refractivity contribution in [2.45, 2.75) is 32.5 Å². The highest BCUT2D eigenvalue weighted by molar-refractivity contribution is 4.72. The van der Waals surface area contributed by atoms with Crippen molar-refractivity contribution in [1.29, 1.82) is 0 Å². The molecule has 12 heavy (non-hydrogen) atoms. The molecule has 0 saturated carbocycles. The molecule has 0 fully saturated rings. The molecule has 0 amide bonds. The molecule has 0 aliphatic carbocycles. The first-order valence-corrected chi connectivity index (χ1v) is 4.66. The van der Waals surface area contributed by atoms with Crippen LogP contribution in [0.3, 0.4) is 0 Å². The Morgan fingerprint density at radius 1 is 1.17 bits per heavy atom. The van der Waals surface area contributed by atoms with E-state index in [1.165, 1.54) is 0 Å². The van der Waals surface area contributed by atoms with Crippen LogP contribution in [0.1, 0.15) is 20.3 Å². The largest absolute Gasteiger partial charge is 0.329 e. The van der Waals surface area contributed by atoms with Gasteiger partial charge in [0.15, 0.2) is 0 Å². The van der Waals surface area contributed by atoms with Gasteiger partial charge in [-0.05, 0) is 19.5 Å². The van der Waals surface area contributed by atoms with E-state index < -0.39 is 0 Å². The predicted octanol–water partition coefficient (Wildman–Crippen LogP) is -0.792. The van der Waals surface area contributed by atoms with E-state index in [1.54, 1.807) is 0 Å². The van der Waals surface area contributed by atoms with Crippen molar-refractivity contribution in [3.63, 3.8) is 0 Å². The normalized spacial score (nSPS) is 16.0. The van der Waals surface area contributed by atoms with Crippen LogP contribution in [0.5, 0.6) is 0 Å². The zero-order valence-corrected chi connectivity index (χ0v) is 8.14. The number of likely N-dealkylation sites (N-methyl/N-ethyl adjacent to an activating group) is 1. The Balaban J connectivity index is 3.53. The molecule has 6 N–H and O–H groups in total. The summed E-state index contributed by atoms with van der Waals surface area (Å²) in [4.78, 5) is 0. The second kappa shape index (κ2) is 7.49. The minimum absolute atomic E-state index is 0.0580. The number of rotatable bonds is 7. The Hall–Kier alpha value is -0.160. The van der Waals surface area contributed by atoms with E-state index in [1.807, 2.05) is 6.92 Å². The molecule has 0 radical (unpaired) electrons. The van der Waals surface area contributed by atoms with Crippen molar-refractivity contribution in [3.05, 3.63) is 0 Å². The van der Waals surface area contributed by atoms with Crippen LogP contribution in [0.2, 0.25) is 0 Å². The fourth-order valence-electron chi connectivity index (χ4n) is 1.20. The highest BCUT2D eigenvalue weighted by atomic mass is 15.0. The van der Waals surface area contributed by atoms with E-state index in [9.17, 15) is 0 Å². The van der Waals surface area contributed by atoms with E-state index in [0.717, 1.165) is 19.5 Å². The molecule has 0 aliphatic heterocycles. The fraction of sp³-hybridized carbons (Fsp3) is 1.00. The summed E-state index contributed by atoms with van der Waals surface area (Å²) < 4.78 is 0. The maximum Gasteiger partial charge on any atom is 0.0561 e. The van der Waals surface area contributed by atoms with Gasteiger partial charge in [0.25, 0.3) is 0 Å². The highest BCUT2D eigenvalue weighted by Gasteiger charge is 2.09. The molecule has 0 aliphatic rings. The molecule has 2 atom stereocenters. The minimum Gasteiger partial charge on any atom is -0.329 e. The first-order chi connectivity index (χ1) is 5.74. The van der Waals surface area contributed by atoms with Crippen LogP contribution in [0, 0.1) is 0 Å². The van der Waals surface area contributed by atoms with Crippen molar-refractivity contribution in [3.8, 4) is 0 Å². The average Bonchev–Trinajstić information content (AvgIpc) is 2.04. The number of nitrogens with one attached hydrogen (secondary N) is 2. The number of hydrogen-bond acceptors (Lipinski definition) is 4. The van der Waals surface area contributed by atoms with E-state index in [4.69, 9.17) is 11.5 Å². The quantitative estimate of drug-likeness (QED) is 0.381. The topological polar surface area (TPSA) is 76.1 Å². The summed E-state index contributed by atoms with van der Waals surface area (Å²) in [5, 5.41) is 6.43. The van der Waals surface area contributed by atoms with Crippen LogP contribution in [0.15, 0.2) is 0 Å². The number of nitrogens with two attached hydrogens (primary N) is 2. The van der Waals surface area contributed by atoms with Crippen molar-refractivity contribution in [2.75, 3.05) is 19.6 Å². The molecule has 0 aromatic carbocycles. The second-order valence-electron chi connectivity index (χ2n) is 2.89. The SMILES string of the molecule is CCNC(N)CC(CN)NCC. The molecule has 0 bridgehead atoms. The second-order valence-corrected chi connectivity index (χ2v) is 2.89. The maximum atomic E-state index is 5.78. The summed E-state index contributed by atoms with van der Waals surface area (Å²) in [7, 11) is 0. The molecule has 0 heterocycles. The van der Waals surface area contributed by atoms with Gasteiger partial charge in [-0.2, -0.15) is 0 Å². The third-order valence-corrected chi connectivity index (χ3v) is 1.78. The van der Waals surface area contributed by atoms with Gasteiger partial charge >= 0.3 is 0 Å². The van der Waals surface area contributed by atoms with Crippen molar-refractivity contribution < 1.29 is 0 Å². The van der Waals surface area contributed by atoms with Gasteiger partial charge in [-0.1, -0.05) is 13.8 Å². The van der Waals surface area contributed by atoms with E-state index in [0.29, 0.717) is 12.6 Å². The Morgan fingerprint density at radius 3 is 2.17 bits per heavy atom. The van der Waals surface area contributed by atoms with Gasteiger partial charge in [0.2, 0.25) is 0 Å². The van der Waals surface area contributed by atoms with Crippen molar-refractivity contribution in [1.82, 2.24) is 10.6 Å². The summed E-state index contributed by atoms with van der Waals surface area (Å²) in [5.74, 6) is 0. The lowest BCUT2D eigenvalue weighted by Gasteiger charge is -2.20. The Bertz CT molecular complexity index is 97.1. The summed E-state index contributed by atoms with van der Waals surface area (Å²) in [6.07, 6.45) is 0.945. The number of hydrogen-bond donors (Lipinski definition) is 4. The molecule has 0 aromatic rings. The Morgan fingerprint density at radius 2 is 1.75 bits per heavy atom. The fourth-order valence-corrected chi connectivity index (χ4v) is 1.20. The summed E-state index contributed by atoms with van der Waals surface area (Å²) in [5.41, 5.74) is 11.3. The molecular weight excluding hydrogens is 152 g/mol. The molecule has 0 rings (SSSR count). The zero-order chi connectivity index (χ0) is 9.40. The van der Waals surface area contributed by atoms with Crippen LogP contribution in [-0.4, -0.2) is 31.8 Å². The van der Waals surface area contributed by atoms with Gasteiger partial charge < -0.3 is 22.1 Å². The Labute approximate surface area is 75.1 Å². The maximum absolute atomic E-state index is 5.78. The molecule has 74 valence electrons. The predicted molar refractivity (Wildman–Crippen MR) is 52.8 cm³/mol. The van der Waals surface area contributed by atoms with Crippen molar-refractivity contribution >= 4 is 0 Å². The van der Waals surface area contributed by atoms with E-state index in [2.05, 4.69) is 17.6 Å². The van der Waals surface area contributed by atoms with Crippen LogP contribution in [0.25, 0.3) is 0 Å². The Kier molecular flexibility index (Phi) is 7.39. The molecule has 4 nitrogen and oxygen atoms in total. The van der Waals surface area contributed by atoms with Gasteiger partial charge in [-0.15, -0.1) is 0 Å². The average molecular weight is 174 g/mol. The molecule has 0 spiro atoms. The third-order valence-electron chi connectivity index (χ3n) is 1.78.